The third-order valence-corrected chi connectivity index (χ3v) is 3.15. The molecule has 17 heavy (non-hydrogen) atoms. The fourth-order valence-corrected chi connectivity index (χ4v) is 2.05. The van der Waals surface area contributed by atoms with Crippen molar-refractivity contribution in [1.82, 2.24) is 9.97 Å². The summed E-state index contributed by atoms with van der Waals surface area (Å²) < 4.78 is 0. The highest BCUT2D eigenvalue weighted by Gasteiger charge is 2.21. The van der Waals surface area contributed by atoms with Gasteiger partial charge in [0, 0.05) is 13.1 Å². The number of hydrogen-bond acceptors (Lipinski definition) is 4. The molecule has 0 aliphatic carbocycles. The van der Waals surface area contributed by atoms with Crippen molar-refractivity contribution in [2.24, 2.45) is 5.41 Å². The third-order valence-electron chi connectivity index (χ3n) is 3.15. The summed E-state index contributed by atoms with van der Waals surface area (Å²) in [5.41, 5.74) is 7.33. The molecular formula is C13H20N4. The first-order chi connectivity index (χ1) is 7.97. The number of nitrogen functional groups attached to an aromatic ring is 1. The average molecular weight is 232 g/mol. The fourth-order valence-electron chi connectivity index (χ4n) is 2.05. The summed E-state index contributed by atoms with van der Waals surface area (Å²) in [7, 11) is 0. The standard InChI is InChI=1S/C13H20N4/c1-13(2,3)10-4-6-17(7-5-10)12-9-15-11(14)8-16-12/h4,8-9H,5-7H2,1-3H3,(H2,14,15). The zero-order valence-electron chi connectivity index (χ0n) is 10.8. The minimum Gasteiger partial charge on any atom is -0.382 e. The molecule has 1 aromatic heterocycles. The lowest BCUT2D eigenvalue weighted by atomic mass is 9.83. The minimum atomic E-state index is 0.277. The Bertz CT molecular complexity index is 414. The molecule has 2 heterocycles. The Morgan fingerprint density at radius 3 is 2.47 bits per heavy atom. The maximum atomic E-state index is 5.53. The van der Waals surface area contributed by atoms with Gasteiger partial charge in [-0.15, -0.1) is 0 Å². The summed E-state index contributed by atoms with van der Waals surface area (Å²) in [5, 5.41) is 0. The van der Waals surface area contributed by atoms with Crippen molar-refractivity contribution in [3.8, 4) is 0 Å². The Hall–Kier alpha value is -1.58. The second kappa shape index (κ2) is 4.35. The predicted molar refractivity (Wildman–Crippen MR) is 70.8 cm³/mol. The summed E-state index contributed by atoms with van der Waals surface area (Å²) >= 11 is 0. The highest BCUT2D eigenvalue weighted by molar-refractivity contribution is 5.42. The number of anilines is 2. The molecule has 0 unspecified atom stereocenters. The lowest BCUT2D eigenvalue weighted by Gasteiger charge is -2.32. The van der Waals surface area contributed by atoms with E-state index >= 15 is 0 Å². The van der Waals surface area contributed by atoms with E-state index in [1.807, 2.05) is 0 Å². The van der Waals surface area contributed by atoms with Crippen LogP contribution in [0.3, 0.4) is 0 Å². The van der Waals surface area contributed by atoms with Gasteiger partial charge >= 0.3 is 0 Å². The molecule has 0 fully saturated rings. The van der Waals surface area contributed by atoms with E-state index in [0.29, 0.717) is 5.82 Å². The smallest absolute Gasteiger partial charge is 0.147 e. The van der Waals surface area contributed by atoms with E-state index in [1.165, 1.54) is 5.57 Å². The molecule has 92 valence electrons. The number of hydrogen-bond donors (Lipinski definition) is 1. The van der Waals surface area contributed by atoms with Gasteiger partial charge in [0.1, 0.15) is 11.6 Å². The molecule has 0 saturated heterocycles. The molecule has 4 nitrogen and oxygen atoms in total. The van der Waals surface area contributed by atoms with Gasteiger partial charge in [0.15, 0.2) is 0 Å². The number of nitrogens with zero attached hydrogens (tertiary/aromatic N) is 3. The van der Waals surface area contributed by atoms with E-state index < -0.39 is 0 Å². The van der Waals surface area contributed by atoms with Crippen molar-refractivity contribution in [2.75, 3.05) is 23.7 Å². The van der Waals surface area contributed by atoms with Crippen LogP contribution in [0.1, 0.15) is 27.2 Å². The van der Waals surface area contributed by atoms with Gasteiger partial charge in [-0.1, -0.05) is 32.4 Å². The van der Waals surface area contributed by atoms with E-state index in [4.69, 9.17) is 5.73 Å². The monoisotopic (exact) mass is 232 g/mol. The second-order valence-electron chi connectivity index (χ2n) is 5.47. The molecule has 0 saturated carbocycles. The highest BCUT2D eigenvalue weighted by Crippen LogP contribution is 2.30. The maximum Gasteiger partial charge on any atom is 0.147 e. The number of aromatic nitrogens is 2. The topological polar surface area (TPSA) is 55.0 Å². The normalized spacial score (nSPS) is 16.9. The van der Waals surface area contributed by atoms with Crippen LogP contribution in [-0.2, 0) is 0 Å². The summed E-state index contributed by atoms with van der Waals surface area (Å²) in [4.78, 5) is 10.6. The van der Waals surface area contributed by atoms with Crippen LogP contribution in [0.15, 0.2) is 24.0 Å². The van der Waals surface area contributed by atoms with Crippen LogP contribution in [0.4, 0.5) is 11.6 Å². The van der Waals surface area contributed by atoms with Crippen LogP contribution < -0.4 is 10.6 Å². The van der Waals surface area contributed by atoms with Crippen LogP contribution in [-0.4, -0.2) is 23.1 Å². The summed E-state index contributed by atoms with van der Waals surface area (Å²) in [6.45, 7) is 8.69. The highest BCUT2D eigenvalue weighted by atomic mass is 15.2. The van der Waals surface area contributed by atoms with Crippen molar-refractivity contribution < 1.29 is 0 Å². The predicted octanol–water partition coefficient (Wildman–Crippen LogP) is 2.24. The quantitative estimate of drug-likeness (QED) is 0.754. The second-order valence-corrected chi connectivity index (χ2v) is 5.47. The number of nitrogens with two attached hydrogens (primary N) is 1. The van der Waals surface area contributed by atoms with E-state index in [0.717, 1.165) is 25.3 Å². The van der Waals surface area contributed by atoms with Crippen molar-refractivity contribution in [3.63, 3.8) is 0 Å². The summed E-state index contributed by atoms with van der Waals surface area (Å²) in [6.07, 6.45) is 6.75. The molecule has 2 rings (SSSR count). The molecule has 2 N–H and O–H groups in total. The Labute approximate surface area is 103 Å². The lowest BCUT2D eigenvalue weighted by Crippen LogP contribution is -2.31. The molecular weight excluding hydrogens is 212 g/mol. The SMILES string of the molecule is CC(C)(C)C1=CCN(c2cnc(N)cn2)CC1. The lowest BCUT2D eigenvalue weighted by molar-refractivity contribution is 0.472. The van der Waals surface area contributed by atoms with E-state index in [2.05, 4.69) is 41.7 Å². The minimum absolute atomic E-state index is 0.277. The van der Waals surface area contributed by atoms with E-state index in [1.54, 1.807) is 12.4 Å². The molecule has 0 radical (unpaired) electrons. The molecule has 0 bridgehead atoms. The van der Waals surface area contributed by atoms with E-state index in [-0.39, 0.29) is 5.41 Å². The first-order valence-electron chi connectivity index (χ1n) is 5.99. The van der Waals surface area contributed by atoms with Gasteiger partial charge in [0.2, 0.25) is 0 Å². The molecule has 1 aromatic rings. The van der Waals surface area contributed by atoms with Crippen molar-refractivity contribution in [1.29, 1.82) is 0 Å². The summed E-state index contributed by atoms with van der Waals surface area (Å²) in [5.74, 6) is 1.38. The maximum absolute atomic E-state index is 5.53. The van der Waals surface area contributed by atoms with Crippen LogP contribution in [0.25, 0.3) is 0 Å². The van der Waals surface area contributed by atoms with Gasteiger partial charge in [-0.25, -0.2) is 9.97 Å². The molecule has 1 aliphatic heterocycles. The Morgan fingerprint density at radius 2 is 2.00 bits per heavy atom. The molecule has 0 aromatic carbocycles. The zero-order chi connectivity index (χ0) is 12.5. The molecule has 1 aliphatic rings. The average Bonchev–Trinajstić information content (AvgIpc) is 2.29. The Balaban J connectivity index is 2.09. The third kappa shape index (κ3) is 2.75. The van der Waals surface area contributed by atoms with Crippen molar-refractivity contribution >= 4 is 11.6 Å². The van der Waals surface area contributed by atoms with Crippen LogP contribution in [0.5, 0.6) is 0 Å². The van der Waals surface area contributed by atoms with Crippen LogP contribution >= 0.6 is 0 Å². The van der Waals surface area contributed by atoms with Gasteiger partial charge < -0.3 is 10.6 Å². The largest absolute Gasteiger partial charge is 0.382 e. The first-order valence-corrected chi connectivity index (χ1v) is 5.99. The summed E-state index contributed by atoms with van der Waals surface area (Å²) in [6, 6.07) is 0. The van der Waals surface area contributed by atoms with Crippen LogP contribution in [0, 0.1) is 5.41 Å². The van der Waals surface area contributed by atoms with E-state index in [9.17, 15) is 0 Å². The zero-order valence-corrected chi connectivity index (χ0v) is 10.8. The van der Waals surface area contributed by atoms with Gasteiger partial charge in [-0.2, -0.15) is 0 Å². The van der Waals surface area contributed by atoms with Gasteiger partial charge in [-0.05, 0) is 11.8 Å². The molecule has 0 spiro atoms. The van der Waals surface area contributed by atoms with Crippen molar-refractivity contribution in [3.05, 3.63) is 24.0 Å². The Kier molecular flexibility index (Phi) is 3.05. The van der Waals surface area contributed by atoms with Gasteiger partial charge in [-0.3, -0.25) is 0 Å². The number of rotatable bonds is 1. The van der Waals surface area contributed by atoms with Crippen LogP contribution in [0.2, 0.25) is 0 Å². The molecule has 0 amide bonds. The first kappa shape index (κ1) is 11.9. The molecule has 0 atom stereocenters. The van der Waals surface area contributed by atoms with Crippen molar-refractivity contribution in [2.45, 2.75) is 27.2 Å². The molecule has 4 heteroatoms. The van der Waals surface area contributed by atoms with Gasteiger partial charge in [0.25, 0.3) is 0 Å². The van der Waals surface area contributed by atoms with Gasteiger partial charge in [0.05, 0.1) is 12.4 Å². The Morgan fingerprint density at radius 1 is 1.24 bits per heavy atom. The fraction of sp³-hybridized carbons (Fsp3) is 0.538.